The van der Waals surface area contributed by atoms with Gasteiger partial charge in [-0.2, -0.15) is 11.8 Å². The van der Waals surface area contributed by atoms with E-state index < -0.39 is 0 Å². The topological polar surface area (TPSA) is 12.0 Å². The van der Waals surface area contributed by atoms with Gasteiger partial charge in [0.25, 0.3) is 0 Å². The van der Waals surface area contributed by atoms with Crippen LogP contribution in [-0.4, -0.2) is 18.1 Å². The molecule has 0 saturated heterocycles. The Kier molecular flexibility index (Phi) is 6.34. The molecule has 0 bridgehead atoms. The van der Waals surface area contributed by atoms with Gasteiger partial charge in [-0.05, 0) is 43.7 Å². The first-order valence-corrected chi connectivity index (χ1v) is 8.75. The molecule has 1 unspecified atom stereocenters. The molecule has 1 N–H and O–H groups in total. The third-order valence-electron chi connectivity index (χ3n) is 3.73. The van der Waals surface area contributed by atoms with Gasteiger partial charge in [0, 0.05) is 27.1 Å². The van der Waals surface area contributed by atoms with Crippen molar-refractivity contribution < 1.29 is 0 Å². The van der Waals surface area contributed by atoms with E-state index in [0.29, 0.717) is 0 Å². The molecule has 1 aliphatic carbocycles. The average molecular weight is 318 g/mol. The molecular formula is C15H21Cl2NS. The summed E-state index contributed by atoms with van der Waals surface area (Å²) in [4.78, 5) is 0. The summed E-state index contributed by atoms with van der Waals surface area (Å²) in [5.41, 5.74) is 1.11. The number of benzene rings is 1. The predicted octanol–water partition coefficient (Wildman–Crippen LogP) is 5.32. The maximum absolute atomic E-state index is 6.28. The van der Waals surface area contributed by atoms with Crippen LogP contribution in [0.2, 0.25) is 10.0 Å². The molecule has 0 spiro atoms. The van der Waals surface area contributed by atoms with Crippen LogP contribution in [0.4, 0.5) is 0 Å². The predicted molar refractivity (Wildman–Crippen MR) is 87.6 cm³/mol. The smallest absolute Gasteiger partial charge is 0.0455 e. The number of halogens is 2. The molecule has 1 aliphatic rings. The Morgan fingerprint density at radius 3 is 2.68 bits per heavy atom. The van der Waals surface area contributed by atoms with Crippen LogP contribution < -0.4 is 5.32 Å². The highest BCUT2D eigenvalue weighted by Crippen LogP contribution is 2.33. The van der Waals surface area contributed by atoms with Crippen LogP contribution in [0.5, 0.6) is 0 Å². The fourth-order valence-electron chi connectivity index (χ4n) is 2.57. The van der Waals surface area contributed by atoms with Crippen molar-refractivity contribution in [2.75, 3.05) is 12.8 Å². The molecule has 1 fully saturated rings. The van der Waals surface area contributed by atoms with E-state index in [1.54, 1.807) is 0 Å². The van der Waals surface area contributed by atoms with Gasteiger partial charge in [-0.15, -0.1) is 0 Å². The van der Waals surface area contributed by atoms with Crippen LogP contribution >= 0.6 is 35.0 Å². The van der Waals surface area contributed by atoms with E-state index in [2.05, 4.69) is 17.1 Å². The minimum absolute atomic E-state index is 0.276. The third-order valence-corrected chi connectivity index (χ3v) is 5.78. The van der Waals surface area contributed by atoms with Gasteiger partial charge in [0.2, 0.25) is 0 Å². The summed E-state index contributed by atoms with van der Waals surface area (Å²) in [6.45, 7) is 0. The van der Waals surface area contributed by atoms with Gasteiger partial charge in [-0.3, -0.25) is 0 Å². The monoisotopic (exact) mass is 317 g/mol. The molecule has 0 heterocycles. The first-order valence-electron chi connectivity index (χ1n) is 6.94. The highest BCUT2D eigenvalue weighted by atomic mass is 35.5. The van der Waals surface area contributed by atoms with Crippen molar-refractivity contribution in [3.05, 3.63) is 33.8 Å². The zero-order valence-electron chi connectivity index (χ0n) is 11.3. The van der Waals surface area contributed by atoms with Gasteiger partial charge in [0.05, 0.1) is 0 Å². The fraction of sp³-hybridized carbons (Fsp3) is 0.600. The Morgan fingerprint density at radius 1 is 1.26 bits per heavy atom. The Labute approximate surface area is 130 Å². The van der Waals surface area contributed by atoms with E-state index in [0.717, 1.165) is 26.6 Å². The van der Waals surface area contributed by atoms with Crippen LogP contribution in [0.15, 0.2) is 18.2 Å². The summed E-state index contributed by atoms with van der Waals surface area (Å²) in [5, 5.41) is 5.74. The lowest BCUT2D eigenvalue weighted by atomic mass is 10.0. The summed E-state index contributed by atoms with van der Waals surface area (Å²) in [7, 11) is 1.99. The Balaban J connectivity index is 1.97. The van der Waals surface area contributed by atoms with Crippen molar-refractivity contribution >= 4 is 35.0 Å². The van der Waals surface area contributed by atoms with Gasteiger partial charge in [0.1, 0.15) is 0 Å². The van der Waals surface area contributed by atoms with Crippen molar-refractivity contribution in [3.8, 4) is 0 Å². The summed E-state index contributed by atoms with van der Waals surface area (Å²) < 4.78 is 0. The Bertz CT molecular complexity index is 405. The Hall–Kier alpha value is 0.110. The van der Waals surface area contributed by atoms with E-state index in [-0.39, 0.29) is 6.04 Å². The molecule has 1 aromatic carbocycles. The second-order valence-electron chi connectivity index (χ2n) is 5.10. The van der Waals surface area contributed by atoms with Gasteiger partial charge in [-0.25, -0.2) is 0 Å². The van der Waals surface area contributed by atoms with Crippen molar-refractivity contribution in [2.45, 2.75) is 43.4 Å². The summed E-state index contributed by atoms with van der Waals surface area (Å²) in [6.07, 6.45) is 6.92. The van der Waals surface area contributed by atoms with Gasteiger partial charge in [0.15, 0.2) is 0 Å². The third kappa shape index (κ3) is 4.56. The summed E-state index contributed by atoms with van der Waals surface area (Å²) >= 11 is 14.4. The van der Waals surface area contributed by atoms with Crippen molar-refractivity contribution in [1.82, 2.24) is 5.32 Å². The molecule has 0 radical (unpaired) electrons. The lowest BCUT2D eigenvalue weighted by Gasteiger charge is -2.24. The van der Waals surface area contributed by atoms with E-state index in [4.69, 9.17) is 23.2 Å². The molecule has 0 aliphatic heterocycles. The second-order valence-corrected chi connectivity index (χ2v) is 7.28. The number of rotatable bonds is 5. The number of nitrogens with one attached hydrogen (secondary N) is 1. The molecule has 0 amide bonds. The molecule has 19 heavy (non-hydrogen) atoms. The van der Waals surface area contributed by atoms with Crippen molar-refractivity contribution in [3.63, 3.8) is 0 Å². The zero-order valence-corrected chi connectivity index (χ0v) is 13.6. The molecule has 1 atom stereocenters. The summed E-state index contributed by atoms with van der Waals surface area (Å²) in [5.74, 6) is 1.06. The summed E-state index contributed by atoms with van der Waals surface area (Å²) in [6, 6.07) is 5.98. The maximum Gasteiger partial charge on any atom is 0.0455 e. The number of hydrogen-bond acceptors (Lipinski definition) is 2. The molecule has 1 saturated carbocycles. The minimum atomic E-state index is 0.276. The lowest BCUT2D eigenvalue weighted by Crippen LogP contribution is -2.21. The van der Waals surface area contributed by atoms with Gasteiger partial charge in [-0.1, -0.05) is 42.5 Å². The lowest BCUT2D eigenvalue weighted by molar-refractivity contribution is 0.515. The van der Waals surface area contributed by atoms with Crippen LogP contribution in [0, 0.1) is 0 Å². The fourth-order valence-corrected chi connectivity index (χ4v) is 4.48. The van der Waals surface area contributed by atoms with E-state index in [1.165, 1.54) is 32.1 Å². The van der Waals surface area contributed by atoms with Crippen LogP contribution in [0.25, 0.3) is 0 Å². The molecule has 4 heteroatoms. The first-order chi connectivity index (χ1) is 9.20. The SMILES string of the molecule is CNC(CSC1CCCCC1)c1cc(Cl)ccc1Cl. The van der Waals surface area contributed by atoms with E-state index in [1.807, 2.05) is 25.2 Å². The maximum atomic E-state index is 6.28. The van der Waals surface area contributed by atoms with E-state index in [9.17, 15) is 0 Å². The average Bonchev–Trinajstić information content (AvgIpc) is 2.44. The van der Waals surface area contributed by atoms with Crippen LogP contribution in [0.3, 0.4) is 0 Å². The normalized spacial score (nSPS) is 18.5. The number of hydrogen-bond donors (Lipinski definition) is 1. The van der Waals surface area contributed by atoms with Crippen LogP contribution in [-0.2, 0) is 0 Å². The number of thioether (sulfide) groups is 1. The van der Waals surface area contributed by atoms with Crippen molar-refractivity contribution in [2.24, 2.45) is 0 Å². The largest absolute Gasteiger partial charge is 0.312 e. The minimum Gasteiger partial charge on any atom is -0.312 e. The van der Waals surface area contributed by atoms with Gasteiger partial charge >= 0.3 is 0 Å². The molecule has 2 rings (SSSR count). The zero-order chi connectivity index (χ0) is 13.7. The molecule has 0 aromatic heterocycles. The first kappa shape index (κ1) is 15.5. The van der Waals surface area contributed by atoms with E-state index >= 15 is 0 Å². The Morgan fingerprint density at radius 2 is 2.00 bits per heavy atom. The highest BCUT2D eigenvalue weighted by Gasteiger charge is 2.18. The highest BCUT2D eigenvalue weighted by molar-refractivity contribution is 7.99. The molecule has 106 valence electrons. The van der Waals surface area contributed by atoms with Gasteiger partial charge < -0.3 is 5.32 Å². The molecular weight excluding hydrogens is 297 g/mol. The molecule has 1 nitrogen and oxygen atoms in total. The standard InChI is InChI=1S/C15H21Cl2NS/c1-18-15(10-19-12-5-3-2-4-6-12)13-9-11(16)7-8-14(13)17/h7-9,12,15,18H,2-6,10H2,1H3. The van der Waals surface area contributed by atoms with Crippen molar-refractivity contribution in [1.29, 1.82) is 0 Å². The quantitative estimate of drug-likeness (QED) is 0.788. The second kappa shape index (κ2) is 7.78. The molecule has 1 aromatic rings. The van der Waals surface area contributed by atoms with Crippen LogP contribution in [0.1, 0.15) is 43.7 Å².